The van der Waals surface area contributed by atoms with Gasteiger partial charge in [0, 0.05) is 49.6 Å². The van der Waals surface area contributed by atoms with Gasteiger partial charge in [-0.05, 0) is 66.6 Å². The third kappa shape index (κ3) is 12.1. The number of ether oxygens (including phenoxy) is 1. The molecule has 0 spiro atoms. The van der Waals surface area contributed by atoms with Crippen LogP contribution in [0.3, 0.4) is 0 Å². The molecule has 6 N–H and O–H groups in total. The molecule has 2 amide bonds. The summed E-state index contributed by atoms with van der Waals surface area (Å²) in [6.07, 6.45) is 3.85. The number of hydrogen-bond acceptors (Lipinski definition) is 7. The summed E-state index contributed by atoms with van der Waals surface area (Å²) >= 11 is 0. The first-order valence-electron chi connectivity index (χ1n) is 15.8. The number of aryl methyl sites for hydroxylation is 1. The second-order valence-electron chi connectivity index (χ2n) is 11.5. The Morgan fingerprint density at radius 3 is 2.39 bits per heavy atom. The van der Waals surface area contributed by atoms with E-state index in [4.69, 9.17) is 10.5 Å². The van der Waals surface area contributed by atoms with Crippen molar-refractivity contribution in [2.45, 2.75) is 51.3 Å². The van der Waals surface area contributed by atoms with Gasteiger partial charge in [0.25, 0.3) is 5.91 Å². The first-order chi connectivity index (χ1) is 22.4. The average Bonchev–Trinajstić information content (AvgIpc) is 3.07. The quantitative estimate of drug-likeness (QED) is 0.105. The van der Waals surface area contributed by atoms with Gasteiger partial charge in [-0.15, -0.1) is 0 Å². The van der Waals surface area contributed by atoms with Crippen LogP contribution in [0.2, 0.25) is 0 Å². The Labute approximate surface area is 271 Å². The highest BCUT2D eigenvalue weighted by Crippen LogP contribution is 2.13. The van der Waals surface area contributed by atoms with E-state index in [9.17, 15) is 14.7 Å². The average molecular weight is 624 g/mol. The van der Waals surface area contributed by atoms with Gasteiger partial charge in [-0.25, -0.2) is 4.98 Å². The van der Waals surface area contributed by atoms with Crippen molar-refractivity contribution in [2.75, 3.05) is 32.0 Å². The Hall–Kier alpha value is -4.57. The summed E-state index contributed by atoms with van der Waals surface area (Å²) in [5, 5.41) is 19.6. The van der Waals surface area contributed by atoms with E-state index in [2.05, 4.69) is 40.0 Å². The molecule has 0 saturated heterocycles. The molecule has 4 aromatic rings. The van der Waals surface area contributed by atoms with Crippen molar-refractivity contribution in [2.24, 2.45) is 0 Å². The van der Waals surface area contributed by atoms with Crippen LogP contribution < -0.4 is 21.7 Å². The molecule has 4 rings (SSSR count). The summed E-state index contributed by atoms with van der Waals surface area (Å²) < 4.78 is 5.64. The molecule has 0 fully saturated rings. The second-order valence-corrected chi connectivity index (χ2v) is 11.5. The topological polar surface area (TPSA) is 139 Å². The van der Waals surface area contributed by atoms with Gasteiger partial charge >= 0.3 is 0 Å². The number of nitrogens with one attached hydrogen (secondary N) is 3. The Bertz CT molecular complexity index is 1500. The number of carbonyl (C=O) groups is 2. The Kier molecular flexibility index (Phi) is 13.7. The summed E-state index contributed by atoms with van der Waals surface area (Å²) in [7, 11) is 0. The normalized spacial score (nSPS) is 12.3. The van der Waals surface area contributed by atoms with Crippen LogP contribution in [0.1, 0.15) is 57.6 Å². The van der Waals surface area contributed by atoms with Crippen LogP contribution in [0, 0.1) is 0 Å². The Morgan fingerprint density at radius 2 is 1.63 bits per heavy atom. The van der Waals surface area contributed by atoms with Crippen molar-refractivity contribution in [1.82, 2.24) is 20.9 Å². The first kappa shape index (κ1) is 34.3. The number of aromatic nitrogens is 1. The molecule has 0 radical (unpaired) electrons. The molecular formula is C37H45N5O4. The number of carbonyl (C=O) groups excluding carboxylic acids is 2. The van der Waals surface area contributed by atoms with Gasteiger partial charge in [-0.3, -0.25) is 9.59 Å². The zero-order valence-corrected chi connectivity index (χ0v) is 26.5. The summed E-state index contributed by atoms with van der Waals surface area (Å²) in [5.74, 6) is 0.196. The predicted octanol–water partition coefficient (Wildman–Crippen LogP) is 4.16. The van der Waals surface area contributed by atoms with Crippen molar-refractivity contribution >= 4 is 17.6 Å². The minimum Gasteiger partial charge on any atom is -0.387 e. The molecule has 0 saturated carbocycles. The van der Waals surface area contributed by atoms with Crippen LogP contribution in [-0.4, -0.2) is 54.2 Å². The molecule has 3 aromatic carbocycles. The van der Waals surface area contributed by atoms with Crippen LogP contribution in [0.5, 0.6) is 0 Å². The van der Waals surface area contributed by atoms with E-state index in [1.807, 2.05) is 54.6 Å². The molecule has 2 atom stereocenters. The van der Waals surface area contributed by atoms with E-state index >= 15 is 0 Å². The highest BCUT2D eigenvalue weighted by molar-refractivity contribution is 5.94. The maximum Gasteiger partial charge on any atom is 0.251 e. The third-order valence-electron chi connectivity index (χ3n) is 7.59. The number of hydrogen-bond donors (Lipinski definition) is 5. The Balaban J connectivity index is 1.11. The van der Waals surface area contributed by atoms with Gasteiger partial charge in [-0.1, -0.05) is 72.8 Å². The number of nitrogens with two attached hydrogens (primary N) is 1. The molecule has 9 heteroatoms. The molecule has 0 bridgehead atoms. The van der Waals surface area contributed by atoms with Crippen molar-refractivity contribution in [3.05, 3.63) is 131 Å². The maximum absolute atomic E-state index is 12.7. The number of benzene rings is 3. The molecule has 0 aliphatic rings. The highest BCUT2D eigenvalue weighted by atomic mass is 16.5. The minimum absolute atomic E-state index is 0.0749. The number of amides is 2. The SMILES string of the molecule is C[C@H](Cc1cccc(CC(=O)NCc2ccc(C(=O)NCCOCCCc3ccccc3)cc2)c1)NC[C@H](O)c1ccc(N)nc1. The predicted molar refractivity (Wildman–Crippen MR) is 181 cm³/mol. The number of nitrogens with zero attached hydrogens (tertiary/aromatic N) is 1. The minimum atomic E-state index is -0.676. The highest BCUT2D eigenvalue weighted by Gasteiger charge is 2.12. The zero-order chi connectivity index (χ0) is 32.6. The van der Waals surface area contributed by atoms with Gasteiger partial charge < -0.3 is 31.5 Å². The number of anilines is 1. The van der Waals surface area contributed by atoms with Crippen molar-refractivity contribution in [3.63, 3.8) is 0 Å². The van der Waals surface area contributed by atoms with Crippen molar-refractivity contribution < 1.29 is 19.4 Å². The lowest BCUT2D eigenvalue weighted by molar-refractivity contribution is -0.120. The molecule has 0 aliphatic carbocycles. The lowest BCUT2D eigenvalue weighted by Crippen LogP contribution is -2.32. The van der Waals surface area contributed by atoms with E-state index in [1.54, 1.807) is 30.5 Å². The molecule has 9 nitrogen and oxygen atoms in total. The summed E-state index contributed by atoms with van der Waals surface area (Å²) in [4.78, 5) is 29.2. The zero-order valence-electron chi connectivity index (χ0n) is 26.5. The fraction of sp³-hybridized carbons (Fsp3) is 0.324. The lowest BCUT2D eigenvalue weighted by Gasteiger charge is -2.18. The maximum atomic E-state index is 12.7. The van der Waals surface area contributed by atoms with Crippen molar-refractivity contribution in [3.8, 4) is 0 Å². The summed E-state index contributed by atoms with van der Waals surface area (Å²) in [6, 6.07) is 29.1. The summed E-state index contributed by atoms with van der Waals surface area (Å²) in [5.41, 5.74) is 11.2. The van der Waals surface area contributed by atoms with Crippen LogP contribution >= 0.6 is 0 Å². The number of pyridine rings is 1. The number of nitrogen functional groups attached to an aromatic ring is 1. The smallest absolute Gasteiger partial charge is 0.251 e. The fourth-order valence-corrected chi connectivity index (χ4v) is 5.02. The Morgan fingerprint density at radius 1 is 0.870 bits per heavy atom. The molecule has 242 valence electrons. The van der Waals surface area contributed by atoms with Gasteiger partial charge in [0.15, 0.2) is 0 Å². The molecule has 1 heterocycles. The van der Waals surface area contributed by atoms with E-state index in [0.717, 1.165) is 36.0 Å². The van der Waals surface area contributed by atoms with Crippen LogP contribution in [-0.2, 0) is 35.3 Å². The monoisotopic (exact) mass is 623 g/mol. The van der Waals surface area contributed by atoms with E-state index in [1.165, 1.54) is 5.56 Å². The van der Waals surface area contributed by atoms with Gasteiger partial charge in [0.2, 0.25) is 5.91 Å². The molecule has 0 unspecified atom stereocenters. The number of rotatable bonds is 18. The largest absolute Gasteiger partial charge is 0.387 e. The van der Waals surface area contributed by atoms with Gasteiger partial charge in [0.1, 0.15) is 5.82 Å². The van der Waals surface area contributed by atoms with Crippen LogP contribution in [0.15, 0.2) is 97.2 Å². The second kappa shape index (κ2) is 18.4. The van der Waals surface area contributed by atoms with Crippen molar-refractivity contribution in [1.29, 1.82) is 0 Å². The number of aliphatic hydroxyl groups excluding tert-OH is 1. The molecule has 0 aliphatic heterocycles. The summed E-state index contributed by atoms with van der Waals surface area (Å²) in [6.45, 7) is 4.41. The number of aliphatic hydroxyl groups is 1. The third-order valence-corrected chi connectivity index (χ3v) is 7.59. The fourth-order valence-electron chi connectivity index (χ4n) is 5.02. The van der Waals surface area contributed by atoms with E-state index in [-0.39, 0.29) is 24.3 Å². The van der Waals surface area contributed by atoms with E-state index < -0.39 is 6.10 Å². The lowest BCUT2D eigenvalue weighted by atomic mass is 10.0. The van der Waals surface area contributed by atoms with Crippen LogP contribution in [0.4, 0.5) is 5.82 Å². The molecule has 46 heavy (non-hydrogen) atoms. The molecular weight excluding hydrogens is 578 g/mol. The first-order valence-corrected chi connectivity index (χ1v) is 15.8. The molecule has 1 aromatic heterocycles. The standard InChI is InChI=1S/C37H45N5O4/c1-27(40-26-34(43)33-16-17-35(38)41-25-33)21-30-9-5-10-31(22-30)23-36(44)42-24-29-12-14-32(15-13-29)37(45)39-18-20-46-19-6-11-28-7-3-2-4-8-28/h2-5,7-10,12-17,22,25,27,34,40,43H,6,11,18-21,23-24,26H2,1H3,(H2,38,41)(H,39,45)(H,42,44)/t27-,34+/m1/s1. The van der Waals surface area contributed by atoms with Gasteiger partial charge in [0.05, 0.1) is 19.1 Å². The van der Waals surface area contributed by atoms with E-state index in [0.29, 0.717) is 49.8 Å². The van der Waals surface area contributed by atoms with Gasteiger partial charge in [-0.2, -0.15) is 0 Å². The van der Waals surface area contributed by atoms with Crippen LogP contribution in [0.25, 0.3) is 0 Å².